The van der Waals surface area contributed by atoms with Gasteiger partial charge in [-0.15, -0.1) is 11.3 Å². The molecule has 0 bridgehead atoms. The summed E-state index contributed by atoms with van der Waals surface area (Å²) in [6.45, 7) is 11.8. The summed E-state index contributed by atoms with van der Waals surface area (Å²) in [5, 5.41) is 5.48. The zero-order chi connectivity index (χ0) is 17.3. The van der Waals surface area contributed by atoms with Gasteiger partial charge in [0.05, 0.1) is 11.4 Å². The second-order valence-electron chi connectivity index (χ2n) is 6.44. The number of carbonyl (C=O) groups is 1. The maximum atomic E-state index is 12.6. The number of hydrogen-bond acceptors (Lipinski definition) is 5. The van der Waals surface area contributed by atoms with Gasteiger partial charge in [0.15, 0.2) is 5.13 Å². The predicted molar refractivity (Wildman–Crippen MR) is 96.7 cm³/mol. The van der Waals surface area contributed by atoms with Crippen LogP contribution in [0.25, 0.3) is 0 Å². The van der Waals surface area contributed by atoms with Gasteiger partial charge < -0.3 is 9.80 Å². The van der Waals surface area contributed by atoms with Crippen LogP contribution in [-0.4, -0.2) is 51.8 Å². The van der Waals surface area contributed by atoms with E-state index >= 15 is 0 Å². The van der Waals surface area contributed by atoms with Crippen molar-refractivity contribution in [3.63, 3.8) is 0 Å². The average Bonchev–Trinajstić information content (AvgIpc) is 2.92. The molecule has 0 N–H and O–H groups in total. The highest BCUT2D eigenvalue weighted by molar-refractivity contribution is 7.15. The molecular weight excluding hydrogens is 322 g/mol. The van der Waals surface area contributed by atoms with Crippen LogP contribution < -0.4 is 4.90 Å². The highest BCUT2D eigenvalue weighted by atomic mass is 32.1. The number of rotatable bonds is 3. The molecule has 0 saturated carbocycles. The minimum Gasteiger partial charge on any atom is -0.346 e. The normalized spacial score (nSPS) is 15.7. The third-order valence-corrected chi connectivity index (χ3v) is 5.66. The molecule has 6 nitrogen and oxygen atoms in total. The van der Waals surface area contributed by atoms with Crippen LogP contribution in [0.3, 0.4) is 0 Å². The summed E-state index contributed by atoms with van der Waals surface area (Å²) in [6, 6.07) is 2.00. The topological polar surface area (TPSA) is 54.3 Å². The van der Waals surface area contributed by atoms with Gasteiger partial charge in [-0.1, -0.05) is 0 Å². The Morgan fingerprint density at radius 1 is 1.17 bits per heavy atom. The van der Waals surface area contributed by atoms with Gasteiger partial charge in [0.25, 0.3) is 0 Å². The van der Waals surface area contributed by atoms with Crippen molar-refractivity contribution in [3.05, 3.63) is 28.0 Å². The average molecular weight is 347 g/mol. The summed E-state index contributed by atoms with van der Waals surface area (Å²) >= 11 is 1.74. The molecule has 1 fully saturated rings. The van der Waals surface area contributed by atoms with Crippen molar-refractivity contribution in [2.75, 3.05) is 31.1 Å². The lowest BCUT2D eigenvalue weighted by Crippen LogP contribution is -2.37. The lowest BCUT2D eigenvalue weighted by atomic mass is 10.3. The van der Waals surface area contributed by atoms with E-state index in [-0.39, 0.29) is 5.91 Å². The summed E-state index contributed by atoms with van der Waals surface area (Å²) in [5.74, 6) is 0.148. The number of amides is 1. The molecule has 3 heterocycles. The molecule has 0 aliphatic carbocycles. The number of hydrogen-bond donors (Lipinski definition) is 0. The smallest absolute Gasteiger partial charge is 0.244 e. The van der Waals surface area contributed by atoms with Crippen molar-refractivity contribution in [3.8, 4) is 0 Å². The Bertz CT molecular complexity index is 716. The molecule has 1 saturated heterocycles. The zero-order valence-electron chi connectivity index (χ0n) is 14.9. The van der Waals surface area contributed by atoms with Crippen molar-refractivity contribution in [1.82, 2.24) is 19.7 Å². The maximum Gasteiger partial charge on any atom is 0.244 e. The van der Waals surface area contributed by atoms with E-state index in [0.717, 1.165) is 54.8 Å². The van der Waals surface area contributed by atoms with E-state index in [0.29, 0.717) is 6.54 Å². The number of anilines is 1. The molecule has 0 radical (unpaired) electrons. The summed E-state index contributed by atoms with van der Waals surface area (Å²) < 4.78 is 1.80. The molecule has 130 valence electrons. The first-order valence-electron chi connectivity index (χ1n) is 8.42. The molecule has 24 heavy (non-hydrogen) atoms. The molecule has 1 aliphatic heterocycles. The second-order valence-corrected chi connectivity index (χ2v) is 7.63. The monoisotopic (exact) mass is 347 g/mol. The Labute approximate surface area is 147 Å². The molecule has 3 rings (SSSR count). The largest absolute Gasteiger partial charge is 0.346 e. The first-order valence-corrected chi connectivity index (χ1v) is 9.23. The third-order valence-electron chi connectivity index (χ3n) is 4.52. The Morgan fingerprint density at radius 3 is 2.58 bits per heavy atom. The van der Waals surface area contributed by atoms with Crippen LogP contribution >= 0.6 is 11.3 Å². The molecule has 7 heteroatoms. The van der Waals surface area contributed by atoms with Gasteiger partial charge in [-0.2, -0.15) is 5.10 Å². The SMILES string of the molecule is Cc1cc(C)n(CC(=O)N2CCCN(c3nc(C)c(C)s3)CC2)n1. The predicted octanol–water partition coefficient (Wildman–Crippen LogP) is 2.31. The van der Waals surface area contributed by atoms with Crippen molar-refractivity contribution in [2.45, 2.75) is 40.7 Å². The van der Waals surface area contributed by atoms with Crippen LogP contribution in [0.1, 0.15) is 28.4 Å². The van der Waals surface area contributed by atoms with E-state index in [2.05, 4.69) is 28.8 Å². The van der Waals surface area contributed by atoms with E-state index in [1.165, 1.54) is 4.88 Å². The maximum absolute atomic E-state index is 12.6. The van der Waals surface area contributed by atoms with Gasteiger partial charge in [-0.3, -0.25) is 9.48 Å². The van der Waals surface area contributed by atoms with E-state index < -0.39 is 0 Å². The molecule has 1 amide bonds. The third kappa shape index (κ3) is 3.61. The first kappa shape index (κ1) is 17.0. The fourth-order valence-electron chi connectivity index (χ4n) is 3.01. The Kier molecular flexibility index (Phi) is 4.89. The van der Waals surface area contributed by atoms with Crippen LogP contribution in [-0.2, 0) is 11.3 Å². The van der Waals surface area contributed by atoms with Crippen molar-refractivity contribution < 1.29 is 4.79 Å². The van der Waals surface area contributed by atoms with Crippen molar-refractivity contribution in [1.29, 1.82) is 0 Å². The Balaban J connectivity index is 1.62. The molecular formula is C17H25N5OS. The lowest BCUT2D eigenvalue weighted by Gasteiger charge is -2.22. The summed E-state index contributed by atoms with van der Waals surface area (Å²) in [7, 11) is 0. The molecule has 0 aromatic carbocycles. The summed E-state index contributed by atoms with van der Waals surface area (Å²) in [4.78, 5) is 22.8. The fourth-order valence-corrected chi connectivity index (χ4v) is 3.97. The minimum absolute atomic E-state index is 0.148. The van der Waals surface area contributed by atoms with Crippen molar-refractivity contribution >= 4 is 22.4 Å². The van der Waals surface area contributed by atoms with Gasteiger partial charge in [0.1, 0.15) is 6.54 Å². The van der Waals surface area contributed by atoms with Gasteiger partial charge in [-0.25, -0.2) is 4.98 Å². The van der Waals surface area contributed by atoms with Gasteiger partial charge in [0.2, 0.25) is 5.91 Å². The van der Waals surface area contributed by atoms with E-state index in [1.807, 2.05) is 24.8 Å². The van der Waals surface area contributed by atoms with Crippen LogP contribution in [0.5, 0.6) is 0 Å². The Morgan fingerprint density at radius 2 is 1.96 bits per heavy atom. The highest BCUT2D eigenvalue weighted by Gasteiger charge is 2.22. The van der Waals surface area contributed by atoms with E-state index in [9.17, 15) is 4.79 Å². The summed E-state index contributed by atoms with van der Waals surface area (Å²) in [5.41, 5.74) is 3.10. The molecule has 2 aromatic rings. The first-order chi connectivity index (χ1) is 11.4. The molecule has 0 unspecified atom stereocenters. The molecule has 2 aromatic heterocycles. The van der Waals surface area contributed by atoms with Crippen LogP contribution in [0.4, 0.5) is 5.13 Å². The second kappa shape index (κ2) is 6.93. The van der Waals surface area contributed by atoms with Crippen LogP contribution in [0.15, 0.2) is 6.07 Å². The van der Waals surface area contributed by atoms with Gasteiger partial charge in [0, 0.05) is 36.8 Å². The fraction of sp³-hybridized carbons (Fsp3) is 0.588. The number of thiazole rings is 1. The van der Waals surface area contributed by atoms with E-state index in [1.54, 1.807) is 16.0 Å². The van der Waals surface area contributed by atoms with Gasteiger partial charge in [-0.05, 0) is 40.2 Å². The number of aryl methyl sites for hydroxylation is 4. The standard InChI is InChI=1S/C17H25N5OS/c1-12-10-13(2)22(19-12)11-16(23)20-6-5-7-21(9-8-20)17-18-14(3)15(4)24-17/h10H,5-9,11H2,1-4H3. The summed E-state index contributed by atoms with van der Waals surface area (Å²) in [6.07, 6.45) is 0.973. The minimum atomic E-state index is 0.148. The van der Waals surface area contributed by atoms with E-state index in [4.69, 9.17) is 0 Å². The number of aromatic nitrogens is 3. The van der Waals surface area contributed by atoms with Gasteiger partial charge >= 0.3 is 0 Å². The van der Waals surface area contributed by atoms with Crippen LogP contribution in [0, 0.1) is 27.7 Å². The number of carbonyl (C=O) groups excluding carboxylic acids is 1. The molecule has 0 spiro atoms. The highest BCUT2D eigenvalue weighted by Crippen LogP contribution is 2.26. The van der Waals surface area contributed by atoms with Crippen LogP contribution in [0.2, 0.25) is 0 Å². The molecule has 1 aliphatic rings. The molecule has 0 atom stereocenters. The van der Waals surface area contributed by atoms with Crippen molar-refractivity contribution in [2.24, 2.45) is 0 Å². The zero-order valence-corrected chi connectivity index (χ0v) is 15.7. The lowest BCUT2D eigenvalue weighted by molar-refractivity contribution is -0.131. The number of nitrogens with zero attached hydrogens (tertiary/aromatic N) is 5. The quantitative estimate of drug-likeness (QED) is 0.855. The Hall–Kier alpha value is -1.89.